The molecule has 378 valence electrons. The first-order valence-electron chi connectivity index (χ1n) is 24.2. The molecule has 0 N–H and O–H groups in total. The van der Waals surface area contributed by atoms with Gasteiger partial charge in [-0.3, -0.25) is 0 Å². The second kappa shape index (κ2) is 29.4. The molecule has 72 heavy (non-hydrogen) atoms. The lowest BCUT2D eigenvalue weighted by Crippen LogP contribution is -2.13. The molecule has 0 radical (unpaired) electrons. The lowest BCUT2D eigenvalue weighted by molar-refractivity contribution is 0.00581. The van der Waals surface area contributed by atoms with Gasteiger partial charge in [-0.15, -0.1) is 0 Å². The van der Waals surface area contributed by atoms with Gasteiger partial charge >= 0.3 is 0 Å². The molecule has 0 spiro atoms. The summed E-state index contributed by atoms with van der Waals surface area (Å²) in [4.78, 5) is 0. The molecule has 0 saturated carbocycles. The smallest absolute Gasteiger partial charge is 0.119 e. The minimum absolute atomic E-state index is 0.422. The summed E-state index contributed by atoms with van der Waals surface area (Å²) in [7, 11) is 6.69. The van der Waals surface area contributed by atoms with Gasteiger partial charge < -0.3 is 56.8 Å². The number of rotatable bonds is 32. The predicted octanol–water partition coefficient (Wildman–Crippen LogP) is 11.6. The summed E-state index contributed by atoms with van der Waals surface area (Å²) in [5.41, 5.74) is 11.0. The maximum Gasteiger partial charge on any atom is 0.119 e. The molecular weight excluding hydrogens is 913 g/mol. The van der Waals surface area contributed by atoms with Crippen molar-refractivity contribution < 1.29 is 56.8 Å². The zero-order chi connectivity index (χ0) is 50.0. The number of methoxy groups -OCH3 is 4. The first-order valence-corrected chi connectivity index (χ1v) is 24.2. The molecule has 0 aromatic heterocycles. The highest BCUT2D eigenvalue weighted by Crippen LogP contribution is 2.33. The fourth-order valence-corrected chi connectivity index (χ4v) is 7.68. The van der Waals surface area contributed by atoms with Gasteiger partial charge in [-0.1, -0.05) is 48.5 Å². The number of hydrogen-bond acceptors (Lipinski definition) is 12. The van der Waals surface area contributed by atoms with Crippen LogP contribution in [0.25, 0.3) is 44.5 Å². The van der Waals surface area contributed by atoms with E-state index in [1.165, 1.54) is 0 Å². The van der Waals surface area contributed by atoms with Crippen LogP contribution >= 0.6 is 0 Å². The monoisotopic (exact) mass is 978 g/mol. The van der Waals surface area contributed by atoms with Crippen molar-refractivity contribution in [3.63, 3.8) is 0 Å². The Kier molecular flexibility index (Phi) is 21.6. The van der Waals surface area contributed by atoms with Gasteiger partial charge in [0.2, 0.25) is 0 Å². The Morgan fingerprint density at radius 2 is 0.444 bits per heavy atom. The van der Waals surface area contributed by atoms with Crippen LogP contribution in [0.3, 0.4) is 0 Å². The van der Waals surface area contributed by atoms with E-state index in [0.29, 0.717) is 92.5 Å². The zero-order valence-electron chi connectivity index (χ0n) is 41.8. The van der Waals surface area contributed by atoms with Crippen molar-refractivity contribution in [3.05, 3.63) is 169 Å². The second-order valence-electron chi connectivity index (χ2n) is 16.5. The second-order valence-corrected chi connectivity index (χ2v) is 16.5. The third kappa shape index (κ3) is 17.2. The van der Waals surface area contributed by atoms with E-state index in [4.69, 9.17) is 56.8 Å². The molecule has 7 aromatic carbocycles. The summed E-state index contributed by atoms with van der Waals surface area (Å²) in [6.45, 7) is 6.37. The van der Waals surface area contributed by atoms with Gasteiger partial charge in [-0.25, -0.2) is 0 Å². The van der Waals surface area contributed by atoms with E-state index in [-0.39, 0.29) is 0 Å². The first kappa shape index (κ1) is 52.9. The molecule has 0 unspecified atom stereocenters. The molecule has 0 atom stereocenters. The molecule has 0 heterocycles. The highest BCUT2D eigenvalue weighted by atomic mass is 16.6. The average molecular weight is 979 g/mol. The van der Waals surface area contributed by atoms with Crippen LogP contribution in [0.5, 0.6) is 34.5 Å². The number of ether oxygens (including phenoxy) is 12. The summed E-state index contributed by atoms with van der Waals surface area (Å²) in [6, 6.07) is 52.8. The third-order valence-electron chi connectivity index (χ3n) is 11.5. The van der Waals surface area contributed by atoms with E-state index in [1.807, 2.05) is 72.8 Å². The molecule has 12 nitrogen and oxygen atoms in total. The van der Waals surface area contributed by atoms with Crippen LogP contribution in [0.2, 0.25) is 0 Å². The zero-order valence-corrected chi connectivity index (χ0v) is 41.8. The highest BCUT2D eigenvalue weighted by Gasteiger charge is 2.10. The Morgan fingerprint density at radius 1 is 0.222 bits per heavy atom. The lowest BCUT2D eigenvalue weighted by atomic mass is 9.96. The van der Waals surface area contributed by atoms with E-state index in [9.17, 15) is 0 Å². The molecular formula is C60H66O12. The van der Waals surface area contributed by atoms with Crippen LogP contribution in [-0.4, -0.2) is 108 Å². The molecule has 0 aliphatic rings. The van der Waals surface area contributed by atoms with Crippen LogP contribution in [0.4, 0.5) is 0 Å². The highest BCUT2D eigenvalue weighted by molar-refractivity contribution is 5.76. The molecule has 0 saturated heterocycles. The lowest BCUT2D eigenvalue weighted by Gasteiger charge is -2.12. The van der Waals surface area contributed by atoms with Crippen LogP contribution in [0.15, 0.2) is 158 Å². The Labute approximate surface area is 424 Å². The van der Waals surface area contributed by atoms with Crippen molar-refractivity contribution in [2.45, 2.75) is 13.2 Å². The van der Waals surface area contributed by atoms with Gasteiger partial charge in [0.25, 0.3) is 0 Å². The Balaban J connectivity index is 0.697. The number of hydrogen-bond donors (Lipinski definition) is 0. The van der Waals surface area contributed by atoms with Crippen molar-refractivity contribution in [3.8, 4) is 79.0 Å². The van der Waals surface area contributed by atoms with Gasteiger partial charge in [0.05, 0.1) is 108 Å². The molecule has 7 aromatic rings. The molecule has 0 bridgehead atoms. The van der Waals surface area contributed by atoms with Crippen molar-refractivity contribution in [2.75, 3.05) is 108 Å². The Bertz CT molecular complexity index is 2300. The molecule has 0 aliphatic heterocycles. The fourth-order valence-electron chi connectivity index (χ4n) is 7.68. The molecule has 0 aliphatic carbocycles. The normalized spacial score (nSPS) is 11.1. The van der Waals surface area contributed by atoms with E-state index in [1.54, 1.807) is 28.4 Å². The van der Waals surface area contributed by atoms with E-state index in [2.05, 4.69) is 84.9 Å². The largest absolute Gasteiger partial charge is 0.497 e. The summed E-state index contributed by atoms with van der Waals surface area (Å²) in [5, 5.41) is 0. The molecule has 12 heteroatoms. The first-order chi connectivity index (χ1) is 35.5. The summed E-state index contributed by atoms with van der Waals surface area (Å²) >= 11 is 0. The third-order valence-corrected chi connectivity index (χ3v) is 11.5. The van der Waals surface area contributed by atoms with Gasteiger partial charge in [0, 0.05) is 0 Å². The maximum absolute atomic E-state index is 6.02. The fraction of sp³-hybridized carbons (Fsp3) is 0.300. The van der Waals surface area contributed by atoms with E-state index in [0.717, 1.165) is 90.1 Å². The van der Waals surface area contributed by atoms with Crippen LogP contribution in [-0.2, 0) is 41.6 Å². The topological polar surface area (TPSA) is 111 Å². The Hall–Kier alpha value is -6.90. The minimum Gasteiger partial charge on any atom is -0.497 e. The van der Waals surface area contributed by atoms with Gasteiger partial charge in [-0.2, -0.15) is 0 Å². The van der Waals surface area contributed by atoms with Crippen LogP contribution in [0.1, 0.15) is 11.1 Å². The van der Waals surface area contributed by atoms with Crippen molar-refractivity contribution in [1.29, 1.82) is 0 Å². The van der Waals surface area contributed by atoms with Crippen LogP contribution in [0, 0.1) is 0 Å². The van der Waals surface area contributed by atoms with Gasteiger partial charge in [-0.05, 0) is 165 Å². The predicted molar refractivity (Wildman–Crippen MR) is 281 cm³/mol. The summed E-state index contributed by atoms with van der Waals surface area (Å²) < 4.78 is 68.1. The van der Waals surface area contributed by atoms with Crippen molar-refractivity contribution in [2.24, 2.45) is 0 Å². The standard InChI is InChI=1S/C60H66O12/c1-61-55-13-5-47(6-14-55)51-37-45(38-52(41-51)48-7-15-56(62-2)16-8-48)43-69-31-29-65-25-27-67-33-35-71-59-21-23-60(24-22-59)72-36-34-68-28-26-66-30-32-70-44-46-39-53(49-9-17-57(63-3)18-10-49)42-54(40-46)50-11-19-58(64-4)20-12-50/h5-24,37-42H,25-36,43-44H2,1-4H3. The molecule has 7 rings (SSSR count). The molecule has 0 fully saturated rings. The summed E-state index contributed by atoms with van der Waals surface area (Å²) in [5.74, 6) is 4.76. The quantitative estimate of drug-likeness (QED) is 0.0375. The van der Waals surface area contributed by atoms with Gasteiger partial charge in [0.15, 0.2) is 0 Å². The Morgan fingerprint density at radius 3 is 0.694 bits per heavy atom. The van der Waals surface area contributed by atoms with Crippen molar-refractivity contribution in [1.82, 2.24) is 0 Å². The molecule has 0 amide bonds. The van der Waals surface area contributed by atoms with Crippen LogP contribution < -0.4 is 28.4 Å². The van der Waals surface area contributed by atoms with Crippen molar-refractivity contribution >= 4 is 0 Å². The summed E-state index contributed by atoms with van der Waals surface area (Å²) in [6.07, 6.45) is 0. The van der Waals surface area contributed by atoms with E-state index >= 15 is 0 Å². The van der Waals surface area contributed by atoms with E-state index < -0.39 is 0 Å². The number of benzene rings is 7. The minimum atomic E-state index is 0.422. The van der Waals surface area contributed by atoms with Gasteiger partial charge in [0.1, 0.15) is 47.7 Å². The SMILES string of the molecule is COc1ccc(-c2cc(COCCOCCOCCOc3ccc(OCCOCCOCCOCc4cc(-c5ccc(OC)cc5)cc(-c5ccc(OC)cc5)c4)cc3)cc(-c3ccc(OC)cc3)c2)cc1. The average Bonchev–Trinajstić information content (AvgIpc) is 3.44. The maximum atomic E-state index is 6.02.